The van der Waals surface area contributed by atoms with Crippen LogP contribution in [0.5, 0.6) is 0 Å². The van der Waals surface area contributed by atoms with Crippen LogP contribution in [0, 0.1) is 5.92 Å². The molecular weight excluding hydrogens is 402 g/mol. The Hall–Kier alpha value is -2.74. The zero-order valence-electron chi connectivity index (χ0n) is 16.7. The molecule has 5 rings (SSSR count). The molecule has 3 heterocycles. The lowest BCUT2D eigenvalue weighted by molar-refractivity contribution is -0.136. The van der Waals surface area contributed by atoms with Crippen molar-refractivity contribution in [2.24, 2.45) is 5.92 Å². The van der Waals surface area contributed by atoms with Gasteiger partial charge >= 0.3 is 0 Å². The molecular formula is C21H24ClN7O. The lowest BCUT2D eigenvalue weighted by Crippen LogP contribution is -2.50. The van der Waals surface area contributed by atoms with E-state index in [0.29, 0.717) is 35.2 Å². The van der Waals surface area contributed by atoms with E-state index in [-0.39, 0.29) is 5.92 Å². The molecule has 1 aliphatic carbocycles. The first-order valence-electron chi connectivity index (χ1n) is 10.6. The molecule has 0 spiro atoms. The Kier molecular flexibility index (Phi) is 5.25. The minimum Gasteiger partial charge on any atom is -0.351 e. The maximum Gasteiger partial charge on any atom is 0.225 e. The highest BCUT2D eigenvalue weighted by Crippen LogP contribution is 2.27. The molecule has 9 heteroatoms. The van der Waals surface area contributed by atoms with Gasteiger partial charge in [-0.15, -0.1) is 5.10 Å². The van der Waals surface area contributed by atoms with E-state index in [1.165, 1.54) is 19.3 Å². The van der Waals surface area contributed by atoms with Crippen LogP contribution in [0.15, 0.2) is 30.6 Å². The number of aromatic nitrogens is 5. The van der Waals surface area contributed by atoms with Crippen LogP contribution >= 0.6 is 11.6 Å². The molecule has 8 nitrogen and oxygen atoms in total. The molecule has 0 atom stereocenters. The van der Waals surface area contributed by atoms with Gasteiger partial charge in [-0.2, -0.15) is 4.68 Å². The minimum absolute atomic E-state index is 0.218. The van der Waals surface area contributed by atoms with Crippen molar-refractivity contribution in [3.8, 4) is 5.69 Å². The van der Waals surface area contributed by atoms with Gasteiger partial charge in [0.05, 0.1) is 5.69 Å². The summed E-state index contributed by atoms with van der Waals surface area (Å²) in [6.07, 6.45) is 7.25. The Morgan fingerprint density at radius 1 is 0.967 bits per heavy atom. The minimum atomic E-state index is 0.218. The average molecular weight is 426 g/mol. The molecule has 2 aliphatic rings. The van der Waals surface area contributed by atoms with Crippen molar-refractivity contribution in [1.29, 1.82) is 0 Å². The molecule has 1 aromatic carbocycles. The van der Waals surface area contributed by atoms with Crippen LogP contribution in [0.25, 0.3) is 16.9 Å². The fourth-order valence-corrected chi connectivity index (χ4v) is 4.60. The summed E-state index contributed by atoms with van der Waals surface area (Å²) in [6, 6.07) is 7.39. The maximum absolute atomic E-state index is 12.8. The number of nitrogens with zero attached hydrogens (tertiary/aromatic N) is 7. The molecule has 3 aromatic rings. The molecule has 1 amide bonds. The number of carbonyl (C=O) groups is 1. The fourth-order valence-electron chi connectivity index (χ4n) is 4.47. The fraction of sp³-hybridized carbons (Fsp3) is 0.476. The molecule has 1 saturated carbocycles. The van der Waals surface area contributed by atoms with Crippen molar-refractivity contribution in [3.63, 3.8) is 0 Å². The number of benzene rings is 1. The number of hydrogen-bond acceptors (Lipinski definition) is 6. The van der Waals surface area contributed by atoms with Crippen LogP contribution in [0.3, 0.4) is 0 Å². The lowest BCUT2D eigenvalue weighted by atomic mass is 9.88. The summed E-state index contributed by atoms with van der Waals surface area (Å²) in [4.78, 5) is 25.9. The summed E-state index contributed by atoms with van der Waals surface area (Å²) in [5.41, 5.74) is 2.16. The van der Waals surface area contributed by atoms with Crippen molar-refractivity contribution in [3.05, 3.63) is 35.6 Å². The van der Waals surface area contributed by atoms with Crippen molar-refractivity contribution < 1.29 is 4.79 Å². The monoisotopic (exact) mass is 425 g/mol. The molecule has 30 heavy (non-hydrogen) atoms. The standard InChI is InChI=1S/C21H24ClN7O/c22-16-6-8-17(9-7-16)29-20-18(25-26-29)19(23-14-24-20)27-10-12-28(13-11-27)21(30)15-4-2-1-3-5-15/h6-9,14-15H,1-5,10-13H2. The first kappa shape index (κ1) is 19.2. The number of piperazine rings is 1. The molecule has 156 valence electrons. The molecule has 1 saturated heterocycles. The zero-order chi connectivity index (χ0) is 20.5. The van der Waals surface area contributed by atoms with Gasteiger partial charge < -0.3 is 9.80 Å². The number of rotatable bonds is 3. The Balaban J connectivity index is 1.33. The molecule has 1 aliphatic heterocycles. The summed E-state index contributed by atoms with van der Waals surface area (Å²) in [7, 11) is 0. The van der Waals surface area contributed by atoms with Gasteiger partial charge in [-0.3, -0.25) is 4.79 Å². The summed E-state index contributed by atoms with van der Waals surface area (Å²) < 4.78 is 1.69. The third-order valence-corrected chi connectivity index (χ3v) is 6.39. The van der Waals surface area contributed by atoms with Gasteiger partial charge in [-0.1, -0.05) is 36.1 Å². The highest BCUT2D eigenvalue weighted by Gasteiger charge is 2.29. The smallest absolute Gasteiger partial charge is 0.225 e. The van der Waals surface area contributed by atoms with Gasteiger partial charge in [-0.05, 0) is 37.1 Å². The first-order valence-corrected chi connectivity index (χ1v) is 10.9. The van der Waals surface area contributed by atoms with E-state index in [9.17, 15) is 4.79 Å². The maximum atomic E-state index is 12.8. The lowest BCUT2D eigenvalue weighted by Gasteiger charge is -2.37. The topological polar surface area (TPSA) is 80.0 Å². The van der Waals surface area contributed by atoms with E-state index in [1.807, 2.05) is 29.2 Å². The van der Waals surface area contributed by atoms with E-state index in [1.54, 1.807) is 11.0 Å². The van der Waals surface area contributed by atoms with Crippen molar-refractivity contribution in [2.75, 3.05) is 31.1 Å². The number of hydrogen-bond donors (Lipinski definition) is 0. The molecule has 2 fully saturated rings. The Morgan fingerprint density at radius 2 is 1.70 bits per heavy atom. The zero-order valence-corrected chi connectivity index (χ0v) is 17.5. The van der Waals surface area contributed by atoms with Crippen molar-refractivity contribution in [2.45, 2.75) is 32.1 Å². The van der Waals surface area contributed by atoms with E-state index < -0.39 is 0 Å². The van der Waals surface area contributed by atoms with Crippen LogP contribution in [-0.2, 0) is 4.79 Å². The van der Waals surface area contributed by atoms with Gasteiger partial charge in [0.15, 0.2) is 17.0 Å². The van der Waals surface area contributed by atoms with E-state index in [0.717, 1.165) is 37.4 Å². The van der Waals surface area contributed by atoms with E-state index in [2.05, 4.69) is 25.2 Å². The highest BCUT2D eigenvalue weighted by molar-refractivity contribution is 6.30. The summed E-state index contributed by atoms with van der Waals surface area (Å²) in [5.74, 6) is 1.32. The van der Waals surface area contributed by atoms with Crippen molar-refractivity contribution >= 4 is 34.5 Å². The highest BCUT2D eigenvalue weighted by atomic mass is 35.5. The van der Waals surface area contributed by atoms with Crippen molar-refractivity contribution in [1.82, 2.24) is 29.9 Å². The Morgan fingerprint density at radius 3 is 2.43 bits per heavy atom. The number of halogens is 1. The average Bonchev–Trinajstić information content (AvgIpc) is 3.24. The molecule has 0 radical (unpaired) electrons. The van der Waals surface area contributed by atoms with Crippen LogP contribution in [0.2, 0.25) is 5.02 Å². The number of amides is 1. The third kappa shape index (κ3) is 3.60. The third-order valence-electron chi connectivity index (χ3n) is 6.13. The molecule has 0 N–H and O–H groups in total. The van der Waals surface area contributed by atoms with Gasteiger partial charge in [0.1, 0.15) is 6.33 Å². The first-order chi connectivity index (χ1) is 14.7. The number of anilines is 1. The largest absolute Gasteiger partial charge is 0.351 e. The Bertz CT molecular complexity index is 1040. The second-order valence-corrected chi connectivity index (χ2v) is 8.43. The van der Waals surface area contributed by atoms with E-state index >= 15 is 0 Å². The van der Waals surface area contributed by atoms with Gasteiger partial charge in [0.25, 0.3) is 0 Å². The molecule has 0 unspecified atom stereocenters. The molecule has 2 aromatic heterocycles. The summed E-state index contributed by atoms with van der Waals surface area (Å²) in [6.45, 7) is 2.90. The summed E-state index contributed by atoms with van der Waals surface area (Å²) >= 11 is 6.00. The molecule has 0 bridgehead atoms. The SMILES string of the molecule is O=C(C1CCCCC1)N1CCN(c2ncnc3c2nnn3-c2ccc(Cl)cc2)CC1. The predicted octanol–water partition coefficient (Wildman–Crippen LogP) is 3.09. The van der Waals surface area contributed by atoms with Crippen LogP contribution in [0.1, 0.15) is 32.1 Å². The van der Waals surface area contributed by atoms with Crippen LogP contribution in [0.4, 0.5) is 5.82 Å². The second-order valence-electron chi connectivity index (χ2n) is 7.99. The number of fused-ring (bicyclic) bond motifs is 1. The van der Waals surface area contributed by atoms with Crippen LogP contribution < -0.4 is 4.90 Å². The van der Waals surface area contributed by atoms with Gasteiger partial charge in [-0.25, -0.2) is 9.97 Å². The van der Waals surface area contributed by atoms with E-state index in [4.69, 9.17) is 11.6 Å². The number of carbonyl (C=O) groups excluding carboxylic acids is 1. The predicted molar refractivity (Wildman–Crippen MR) is 115 cm³/mol. The second kappa shape index (κ2) is 8.18. The van der Waals surface area contributed by atoms with Gasteiger partial charge in [0, 0.05) is 37.1 Å². The normalized spacial score (nSPS) is 18.2. The quantitative estimate of drug-likeness (QED) is 0.641. The Labute approximate surface area is 179 Å². The van der Waals surface area contributed by atoms with Gasteiger partial charge in [0.2, 0.25) is 5.91 Å². The van der Waals surface area contributed by atoms with Crippen LogP contribution in [-0.4, -0.2) is 61.9 Å². The summed E-state index contributed by atoms with van der Waals surface area (Å²) in [5, 5.41) is 9.30.